The van der Waals surface area contributed by atoms with Gasteiger partial charge >= 0.3 is 0 Å². The molecule has 0 unspecified atom stereocenters. The number of hydrogen-bond donors (Lipinski definition) is 0. The lowest BCUT2D eigenvalue weighted by atomic mass is 10.2. The van der Waals surface area contributed by atoms with Gasteiger partial charge in [0.05, 0.1) is 30.8 Å². The Morgan fingerprint density at radius 1 is 1.21 bits per heavy atom. The Morgan fingerprint density at radius 2 is 1.97 bits per heavy atom. The van der Waals surface area contributed by atoms with Crippen LogP contribution in [0, 0.1) is 0 Å². The first kappa shape index (κ1) is 21.5. The summed E-state index contributed by atoms with van der Waals surface area (Å²) >= 11 is 6.89. The van der Waals surface area contributed by atoms with Crippen LogP contribution in [-0.4, -0.2) is 29.6 Å². The summed E-state index contributed by atoms with van der Waals surface area (Å²) in [6.07, 6.45) is 1.59. The van der Waals surface area contributed by atoms with Crippen molar-refractivity contribution in [2.75, 3.05) is 13.7 Å². The minimum absolute atomic E-state index is 0.0105. The third-order valence-electron chi connectivity index (χ3n) is 4.22. The molecule has 0 saturated carbocycles. The van der Waals surface area contributed by atoms with E-state index < -0.39 is 0 Å². The normalized spacial score (nSPS) is 11.6. The number of halogens is 2. The molecule has 0 fully saturated rings. The smallest absolute Gasteiger partial charge is 0.282 e. The van der Waals surface area contributed by atoms with Gasteiger partial charge in [0.15, 0.2) is 11.5 Å². The van der Waals surface area contributed by atoms with Gasteiger partial charge in [-0.3, -0.25) is 4.79 Å². The molecule has 8 heteroatoms. The summed E-state index contributed by atoms with van der Waals surface area (Å²) in [5.41, 5.74) is 1.11. The average molecular weight is 523 g/mol. The van der Waals surface area contributed by atoms with Crippen LogP contribution in [0.25, 0.3) is 10.9 Å². The summed E-state index contributed by atoms with van der Waals surface area (Å²) in [5.74, 6) is 1.74. The maximum Gasteiger partial charge on any atom is 0.282 e. The monoisotopic (exact) mass is 521 g/mol. The zero-order valence-corrected chi connectivity index (χ0v) is 19.7. The van der Waals surface area contributed by atoms with Crippen molar-refractivity contribution in [3.8, 4) is 11.5 Å². The summed E-state index contributed by atoms with van der Waals surface area (Å²) in [7, 11) is 1.58. The SMILES string of the molecule is CCOc1c(C=Nn2c(C(C)C)nc3ccc(Br)cc3c2=O)cc(Br)cc1OC. The van der Waals surface area contributed by atoms with E-state index in [0.717, 1.165) is 8.95 Å². The van der Waals surface area contributed by atoms with Gasteiger partial charge in [-0.15, -0.1) is 0 Å². The lowest BCUT2D eigenvalue weighted by Gasteiger charge is -2.14. The lowest BCUT2D eigenvalue weighted by molar-refractivity contribution is 0.310. The van der Waals surface area contributed by atoms with Crippen LogP contribution in [0.5, 0.6) is 11.5 Å². The fourth-order valence-electron chi connectivity index (χ4n) is 2.91. The van der Waals surface area contributed by atoms with Crippen molar-refractivity contribution in [3.63, 3.8) is 0 Å². The van der Waals surface area contributed by atoms with E-state index in [1.54, 1.807) is 19.4 Å². The first-order valence-corrected chi connectivity index (χ1v) is 10.7. The molecular formula is C21H21Br2N3O3. The second-order valence-electron chi connectivity index (χ2n) is 6.61. The summed E-state index contributed by atoms with van der Waals surface area (Å²) in [6, 6.07) is 9.14. The quantitative estimate of drug-likeness (QED) is 0.410. The molecule has 1 heterocycles. The first-order valence-electron chi connectivity index (χ1n) is 9.12. The van der Waals surface area contributed by atoms with E-state index in [9.17, 15) is 4.79 Å². The molecular weight excluding hydrogens is 502 g/mol. The summed E-state index contributed by atoms with van der Waals surface area (Å²) < 4.78 is 14.2. The molecule has 0 bridgehead atoms. The van der Waals surface area contributed by atoms with Gasteiger partial charge in [-0.05, 0) is 37.3 Å². The molecule has 0 aliphatic carbocycles. The number of fused-ring (bicyclic) bond motifs is 1. The van der Waals surface area contributed by atoms with Gasteiger partial charge in [-0.2, -0.15) is 9.78 Å². The molecule has 2 aromatic carbocycles. The largest absolute Gasteiger partial charge is 0.493 e. The van der Waals surface area contributed by atoms with E-state index in [0.29, 0.717) is 40.4 Å². The van der Waals surface area contributed by atoms with Crippen LogP contribution in [-0.2, 0) is 0 Å². The van der Waals surface area contributed by atoms with E-state index >= 15 is 0 Å². The molecule has 3 rings (SSSR count). The van der Waals surface area contributed by atoms with Crippen LogP contribution >= 0.6 is 31.9 Å². The maximum absolute atomic E-state index is 13.2. The van der Waals surface area contributed by atoms with Crippen LogP contribution in [0.1, 0.15) is 38.1 Å². The molecule has 3 aromatic rings. The standard InChI is InChI=1S/C21H21Br2N3O3/c1-5-29-19-13(8-15(23)10-18(19)28-4)11-24-26-20(12(2)3)25-17-7-6-14(22)9-16(17)21(26)27/h6-12H,5H2,1-4H3. The third kappa shape index (κ3) is 4.53. The molecule has 0 N–H and O–H groups in total. The van der Waals surface area contributed by atoms with E-state index in [4.69, 9.17) is 9.47 Å². The predicted octanol–water partition coefficient (Wildman–Crippen LogP) is 5.33. The number of benzene rings is 2. The van der Waals surface area contributed by atoms with E-state index in [-0.39, 0.29) is 11.5 Å². The zero-order valence-electron chi connectivity index (χ0n) is 16.6. The third-order valence-corrected chi connectivity index (χ3v) is 5.17. The van der Waals surface area contributed by atoms with Gasteiger partial charge in [0, 0.05) is 20.4 Å². The minimum atomic E-state index is -0.226. The molecule has 152 valence electrons. The fourth-order valence-corrected chi connectivity index (χ4v) is 3.72. The van der Waals surface area contributed by atoms with Crippen molar-refractivity contribution in [3.05, 3.63) is 61.0 Å². The number of nitrogens with zero attached hydrogens (tertiary/aromatic N) is 3. The highest BCUT2D eigenvalue weighted by Gasteiger charge is 2.15. The maximum atomic E-state index is 13.2. The molecule has 29 heavy (non-hydrogen) atoms. The van der Waals surface area contributed by atoms with Gasteiger partial charge in [0.2, 0.25) is 0 Å². The highest BCUT2D eigenvalue weighted by Crippen LogP contribution is 2.34. The Bertz CT molecular complexity index is 1140. The van der Waals surface area contributed by atoms with Crippen molar-refractivity contribution < 1.29 is 9.47 Å². The number of hydrogen-bond acceptors (Lipinski definition) is 5. The second-order valence-corrected chi connectivity index (χ2v) is 8.44. The number of rotatable bonds is 6. The second kappa shape index (κ2) is 9.09. The molecule has 0 aliphatic heterocycles. The Balaban J connectivity index is 2.21. The molecule has 1 aromatic heterocycles. The topological polar surface area (TPSA) is 65.7 Å². The van der Waals surface area contributed by atoms with Crippen molar-refractivity contribution in [2.45, 2.75) is 26.7 Å². The van der Waals surface area contributed by atoms with Crippen molar-refractivity contribution in [1.82, 2.24) is 9.66 Å². The Kier molecular flexibility index (Phi) is 6.74. The summed E-state index contributed by atoms with van der Waals surface area (Å²) in [5, 5.41) is 4.98. The van der Waals surface area contributed by atoms with E-state index in [1.165, 1.54) is 4.68 Å². The van der Waals surface area contributed by atoms with Crippen LogP contribution in [0.2, 0.25) is 0 Å². The predicted molar refractivity (Wildman–Crippen MR) is 123 cm³/mol. The van der Waals surface area contributed by atoms with Gasteiger partial charge in [-0.25, -0.2) is 4.98 Å². The molecule has 0 saturated heterocycles. The minimum Gasteiger partial charge on any atom is -0.493 e. The first-order chi connectivity index (χ1) is 13.8. The van der Waals surface area contributed by atoms with Gasteiger partial charge in [-0.1, -0.05) is 45.7 Å². The van der Waals surface area contributed by atoms with Gasteiger partial charge in [0.1, 0.15) is 5.82 Å². The average Bonchev–Trinajstić information content (AvgIpc) is 2.68. The Labute approximate surface area is 185 Å². The Hall–Kier alpha value is -2.19. The number of aromatic nitrogens is 2. The van der Waals surface area contributed by atoms with Crippen LogP contribution in [0.3, 0.4) is 0 Å². The van der Waals surface area contributed by atoms with Crippen LogP contribution in [0.15, 0.2) is 49.2 Å². The molecule has 0 spiro atoms. The molecule has 0 amide bonds. The van der Waals surface area contributed by atoms with Crippen molar-refractivity contribution in [1.29, 1.82) is 0 Å². The zero-order chi connectivity index (χ0) is 21.1. The van der Waals surface area contributed by atoms with Crippen LogP contribution in [0.4, 0.5) is 0 Å². The number of methoxy groups -OCH3 is 1. The fraction of sp³-hybridized carbons (Fsp3) is 0.286. The summed E-state index contributed by atoms with van der Waals surface area (Å²) in [4.78, 5) is 17.8. The van der Waals surface area contributed by atoms with Gasteiger partial charge in [0.25, 0.3) is 5.56 Å². The van der Waals surface area contributed by atoms with E-state index in [2.05, 4.69) is 41.9 Å². The van der Waals surface area contributed by atoms with Gasteiger partial charge < -0.3 is 9.47 Å². The molecule has 0 aliphatic rings. The molecule has 0 atom stereocenters. The summed E-state index contributed by atoms with van der Waals surface area (Å²) in [6.45, 7) is 6.33. The molecule has 0 radical (unpaired) electrons. The lowest BCUT2D eigenvalue weighted by Crippen LogP contribution is -2.23. The van der Waals surface area contributed by atoms with Crippen LogP contribution < -0.4 is 15.0 Å². The highest BCUT2D eigenvalue weighted by atomic mass is 79.9. The Morgan fingerprint density at radius 3 is 2.62 bits per heavy atom. The van der Waals surface area contributed by atoms with Crippen molar-refractivity contribution >= 4 is 49.0 Å². The number of ether oxygens (including phenoxy) is 2. The molecule has 6 nitrogen and oxygen atoms in total. The van der Waals surface area contributed by atoms with E-state index in [1.807, 2.05) is 45.0 Å². The highest BCUT2D eigenvalue weighted by molar-refractivity contribution is 9.10. The van der Waals surface area contributed by atoms with Crippen molar-refractivity contribution in [2.24, 2.45) is 5.10 Å².